The van der Waals surface area contributed by atoms with Gasteiger partial charge in [-0.15, -0.1) is 12.4 Å². The van der Waals surface area contributed by atoms with Gasteiger partial charge in [-0.1, -0.05) is 12.1 Å². The van der Waals surface area contributed by atoms with E-state index in [-0.39, 0.29) is 43.5 Å². The average molecular weight is 289 g/mol. The molecule has 7 heteroatoms. The molecule has 1 unspecified atom stereocenters. The number of phenols is 1. The lowest BCUT2D eigenvalue weighted by atomic mass is 10.1. The van der Waals surface area contributed by atoms with E-state index in [9.17, 15) is 9.59 Å². The Balaban J connectivity index is 0.00000324. The number of carboxylic acids is 1. The first-order valence-electron chi connectivity index (χ1n) is 5.53. The summed E-state index contributed by atoms with van der Waals surface area (Å²) in [6.45, 7) is 0.178. The van der Waals surface area contributed by atoms with Crippen molar-refractivity contribution >= 4 is 24.3 Å². The number of carboxylic acid groups (broad SMARTS) is 1. The Hall–Kier alpha value is -1.79. The number of hydrogen-bond acceptors (Lipinski definition) is 4. The van der Waals surface area contributed by atoms with E-state index in [2.05, 4.69) is 5.32 Å². The molecule has 0 bridgehead atoms. The Bertz CT molecular complexity index is 422. The van der Waals surface area contributed by atoms with Crippen LogP contribution in [0.25, 0.3) is 0 Å². The van der Waals surface area contributed by atoms with E-state index in [0.29, 0.717) is 5.56 Å². The minimum Gasteiger partial charge on any atom is -0.508 e. The highest BCUT2D eigenvalue weighted by Crippen LogP contribution is 2.11. The number of aromatic hydroxyl groups is 1. The Morgan fingerprint density at radius 2 is 1.84 bits per heavy atom. The summed E-state index contributed by atoms with van der Waals surface area (Å²) < 4.78 is 0. The molecule has 0 spiro atoms. The van der Waals surface area contributed by atoms with Gasteiger partial charge in [-0.25, -0.2) is 4.79 Å². The second-order valence-electron chi connectivity index (χ2n) is 3.87. The molecular weight excluding hydrogens is 272 g/mol. The van der Waals surface area contributed by atoms with Crippen molar-refractivity contribution in [3.63, 3.8) is 0 Å². The molecule has 0 aliphatic carbocycles. The summed E-state index contributed by atoms with van der Waals surface area (Å²) in [5.41, 5.74) is 5.93. The van der Waals surface area contributed by atoms with Crippen LogP contribution in [0.4, 0.5) is 0 Å². The van der Waals surface area contributed by atoms with Crippen LogP contribution in [-0.4, -0.2) is 34.7 Å². The van der Waals surface area contributed by atoms with Crippen LogP contribution in [0.3, 0.4) is 0 Å². The van der Waals surface area contributed by atoms with Crippen molar-refractivity contribution in [2.75, 3.05) is 6.54 Å². The number of carbonyl (C=O) groups excluding carboxylic acids is 1. The topological polar surface area (TPSA) is 113 Å². The van der Waals surface area contributed by atoms with Gasteiger partial charge >= 0.3 is 5.97 Å². The lowest BCUT2D eigenvalue weighted by Crippen LogP contribution is -2.42. The number of rotatable bonds is 6. The van der Waals surface area contributed by atoms with Crippen LogP contribution in [0.5, 0.6) is 5.75 Å². The zero-order valence-electron chi connectivity index (χ0n) is 10.2. The number of hydrogen-bond donors (Lipinski definition) is 4. The molecule has 0 aliphatic heterocycles. The summed E-state index contributed by atoms with van der Waals surface area (Å²) in [5.74, 6) is -1.38. The molecule has 1 atom stereocenters. The number of carbonyl (C=O) groups is 2. The number of nitrogens with one attached hydrogen (secondary N) is 1. The SMILES string of the molecule is Cl.NCCC(=O)NC(Cc1ccc(O)cc1)C(=O)O. The smallest absolute Gasteiger partial charge is 0.326 e. The molecule has 0 radical (unpaired) electrons. The molecule has 0 fully saturated rings. The number of halogens is 1. The fourth-order valence-corrected chi connectivity index (χ4v) is 1.47. The minimum absolute atomic E-state index is 0. The summed E-state index contributed by atoms with van der Waals surface area (Å²) in [4.78, 5) is 22.3. The third-order valence-corrected chi connectivity index (χ3v) is 2.38. The van der Waals surface area contributed by atoms with Crippen molar-refractivity contribution in [3.05, 3.63) is 29.8 Å². The molecule has 6 nitrogen and oxygen atoms in total. The van der Waals surface area contributed by atoms with Gasteiger partial charge in [0.2, 0.25) is 5.91 Å². The van der Waals surface area contributed by atoms with E-state index in [1.54, 1.807) is 12.1 Å². The van der Waals surface area contributed by atoms with Crippen molar-refractivity contribution in [1.29, 1.82) is 0 Å². The number of phenolic OH excluding ortho intramolecular Hbond substituents is 1. The van der Waals surface area contributed by atoms with Crippen LogP contribution in [0.15, 0.2) is 24.3 Å². The Labute approximate surface area is 117 Å². The maximum Gasteiger partial charge on any atom is 0.326 e. The molecule has 1 aromatic rings. The van der Waals surface area contributed by atoms with E-state index < -0.39 is 12.0 Å². The zero-order chi connectivity index (χ0) is 13.5. The maximum absolute atomic E-state index is 11.3. The van der Waals surface area contributed by atoms with Gasteiger partial charge in [0, 0.05) is 19.4 Å². The summed E-state index contributed by atoms with van der Waals surface area (Å²) >= 11 is 0. The van der Waals surface area contributed by atoms with Gasteiger partial charge in [0.25, 0.3) is 0 Å². The van der Waals surface area contributed by atoms with Crippen LogP contribution < -0.4 is 11.1 Å². The van der Waals surface area contributed by atoms with Crippen LogP contribution >= 0.6 is 12.4 Å². The minimum atomic E-state index is -1.10. The average Bonchev–Trinajstić information content (AvgIpc) is 2.31. The van der Waals surface area contributed by atoms with Crippen molar-refractivity contribution in [2.24, 2.45) is 5.73 Å². The Kier molecular flexibility index (Phi) is 7.55. The fraction of sp³-hybridized carbons (Fsp3) is 0.333. The van der Waals surface area contributed by atoms with E-state index in [1.807, 2.05) is 0 Å². The Morgan fingerprint density at radius 1 is 1.26 bits per heavy atom. The number of aliphatic carboxylic acids is 1. The highest BCUT2D eigenvalue weighted by molar-refractivity contribution is 5.85. The predicted octanol–water partition coefficient (Wildman–Crippen LogP) is 0.275. The van der Waals surface area contributed by atoms with Crippen LogP contribution in [-0.2, 0) is 16.0 Å². The molecule has 0 aromatic heterocycles. The third-order valence-electron chi connectivity index (χ3n) is 2.38. The van der Waals surface area contributed by atoms with Crippen LogP contribution in [0, 0.1) is 0 Å². The van der Waals surface area contributed by atoms with Gasteiger partial charge in [-0.3, -0.25) is 4.79 Å². The van der Waals surface area contributed by atoms with Gasteiger partial charge in [-0.2, -0.15) is 0 Å². The summed E-state index contributed by atoms with van der Waals surface area (Å²) in [6.07, 6.45) is 0.255. The molecule has 1 amide bonds. The van der Waals surface area contributed by atoms with E-state index in [0.717, 1.165) is 0 Å². The molecule has 19 heavy (non-hydrogen) atoms. The lowest BCUT2D eigenvalue weighted by Gasteiger charge is -2.14. The first kappa shape index (κ1) is 17.2. The zero-order valence-corrected chi connectivity index (χ0v) is 11.0. The summed E-state index contributed by atoms with van der Waals surface area (Å²) in [7, 11) is 0. The van der Waals surface area contributed by atoms with E-state index in [4.69, 9.17) is 15.9 Å². The number of nitrogens with two attached hydrogens (primary N) is 1. The van der Waals surface area contributed by atoms with Gasteiger partial charge in [0.1, 0.15) is 11.8 Å². The first-order valence-corrected chi connectivity index (χ1v) is 5.53. The molecule has 0 saturated carbocycles. The van der Waals surface area contributed by atoms with Crippen molar-refractivity contribution in [1.82, 2.24) is 5.32 Å². The summed E-state index contributed by atoms with van der Waals surface area (Å²) in [5, 5.41) is 20.5. The molecule has 0 aliphatic rings. The monoisotopic (exact) mass is 288 g/mol. The quantitative estimate of drug-likeness (QED) is 0.600. The molecule has 0 saturated heterocycles. The highest BCUT2D eigenvalue weighted by Gasteiger charge is 2.19. The van der Waals surface area contributed by atoms with E-state index in [1.165, 1.54) is 12.1 Å². The summed E-state index contributed by atoms with van der Waals surface area (Å²) in [6, 6.07) is 5.17. The van der Waals surface area contributed by atoms with Crippen molar-refractivity contribution in [2.45, 2.75) is 18.9 Å². The van der Waals surface area contributed by atoms with Gasteiger partial charge < -0.3 is 21.3 Å². The van der Waals surface area contributed by atoms with Gasteiger partial charge in [0.15, 0.2) is 0 Å². The Morgan fingerprint density at radius 3 is 2.32 bits per heavy atom. The van der Waals surface area contributed by atoms with Gasteiger partial charge in [0.05, 0.1) is 0 Å². The van der Waals surface area contributed by atoms with Crippen LogP contribution in [0.2, 0.25) is 0 Å². The van der Waals surface area contributed by atoms with Crippen molar-refractivity contribution < 1.29 is 19.8 Å². The molecule has 106 valence electrons. The van der Waals surface area contributed by atoms with Crippen LogP contribution in [0.1, 0.15) is 12.0 Å². The maximum atomic E-state index is 11.3. The molecular formula is C12H17ClN2O4. The fourth-order valence-electron chi connectivity index (χ4n) is 1.47. The van der Waals surface area contributed by atoms with E-state index >= 15 is 0 Å². The second-order valence-corrected chi connectivity index (χ2v) is 3.87. The normalized spacial score (nSPS) is 11.2. The molecule has 1 aromatic carbocycles. The standard InChI is InChI=1S/C12H16N2O4.ClH/c13-6-5-11(16)14-10(12(17)18)7-8-1-3-9(15)4-2-8;/h1-4,10,15H,5-7,13H2,(H,14,16)(H,17,18);1H. The number of amides is 1. The first-order chi connectivity index (χ1) is 8.52. The molecule has 5 N–H and O–H groups in total. The lowest BCUT2D eigenvalue weighted by molar-refractivity contribution is -0.141. The third kappa shape index (κ3) is 6.08. The highest BCUT2D eigenvalue weighted by atomic mass is 35.5. The largest absolute Gasteiger partial charge is 0.508 e. The van der Waals surface area contributed by atoms with Crippen molar-refractivity contribution in [3.8, 4) is 5.75 Å². The van der Waals surface area contributed by atoms with Gasteiger partial charge in [-0.05, 0) is 17.7 Å². The second kappa shape index (κ2) is 8.34. The number of benzene rings is 1. The molecule has 1 rings (SSSR count). The molecule has 0 heterocycles. The predicted molar refractivity (Wildman–Crippen MR) is 72.3 cm³/mol.